The van der Waals surface area contributed by atoms with Gasteiger partial charge in [-0.15, -0.1) is 0 Å². The number of nitrogens with one attached hydrogen (secondary N) is 2. The molecule has 146 valence electrons. The van der Waals surface area contributed by atoms with Crippen molar-refractivity contribution in [1.29, 1.82) is 0 Å². The second-order valence-electron chi connectivity index (χ2n) is 6.26. The molecule has 0 saturated heterocycles. The molecule has 3 rings (SSSR count). The van der Waals surface area contributed by atoms with Crippen LogP contribution in [0.25, 0.3) is 5.69 Å². The molecule has 0 aliphatic carbocycles. The van der Waals surface area contributed by atoms with E-state index in [0.717, 1.165) is 16.8 Å². The first kappa shape index (κ1) is 19.8. The van der Waals surface area contributed by atoms with Crippen molar-refractivity contribution in [2.24, 2.45) is 0 Å². The third kappa shape index (κ3) is 5.05. The number of nitrogens with zero attached hydrogens (tertiary/aromatic N) is 2. The highest BCUT2D eigenvalue weighted by Crippen LogP contribution is 2.11. The van der Waals surface area contributed by atoms with E-state index in [0.29, 0.717) is 19.4 Å². The van der Waals surface area contributed by atoms with E-state index < -0.39 is 10.0 Å². The molecule has 7 nitrogen and oxygen atoms in total. The number of carbonyl (C=O) groups excluding carboxylic acids is 1. The predicted molar refractivity (Wildman–Crippen MR) is 106 cm³/mol. The van der Waals surface area contributed by atoms with Gasteiger partial charge in [-0.25, -0.2) is 17.8 Å². The molecule has 0 atom stereocenters. The lowest BCUT2D eigenvalue weighted by Crippen LogP contribution is -2.23. The van der Waals surface area contributed by atoms with E-state index in [1.165, 1.54) is 19.2 Å². The fourth-order valence-electron chi connectivity index (χ4n) is 2.66. The van der Waals surface area contributed by atoms with E-state index in [1.807, 2.05) is 36.5 Å². The minimum absolute atomic E-state index is 0.0700. The minimum atomic E-state index is -3.45. The zero-order valence-electron chi connectivity index (χ0n) is 15.5. The number of hydrogen-bond acceptors (Lipinski definition) is 4. The Morgan fingerprint density at radius 2 is 1.75 bits per heavy atom. The van der Waals surface area contributed by atoms with E-state index in [4.69, 9.17) is 0 Å². The van der Waals surface area contributed by atoms with Crippen LogP contribution in [0.15, 0.2) is 71.9 Å². The fraction of sp³-hybridized carbons (Fsp3) is 0.200. The molecule has 8 heteroatoms. The number of sulfonamides is 1. The topological polar surface area (TPSA) is 93.1 Å². The minimum Gasteiger partial charge on any atom is -0.352 e. The van der Waals surface area contributed by atoms with E-state index in [9.17, 15) is 13.2 Å². The summed E-state index contributed by atoms with van der Waals surface area (Å²) in [5, 5.41) is 7.17. The van der Waals surface area contributed by atoms with Gasteiger partial charge in [0.1, 0.15) is 0 Å². The monoisotopic (exact) mass is 398 g/mol. The summed E-state index contributed by atoms with van der Waals surface area (Å²) in [6.45, 7) is 0.349. The van der Waals surface area contributed by atoms with Gasteiger partial charge in [-0.3, -0.25) is 4.79 Å². The van der Waals surface area contributed by atoms with E-state index in [1.54, 1.807) is 23.0 Å². The summed E-state index contributed by atoms with van der Waals surface area (Å²) in [6.07, 6.45) is 4.63. The molecule has 0 bridgehead atoms. The van der Waals surface area contributed by atoms with Crippen LogP contribution in [-0.2, 0) is 27.8 Å². The summed E-state index contributed by atoms with van der Waals surface area (Å²) in [6, 6.07) is 16.2. The number of carbonyl (C=O) groups is 1. The number of rotatable bonds is 8. The van der Waals surface area contributed by atoms with Gasteiger partial charge >= 0.3 is 0 Å². The molecular weight excluding hydrogens is 376 g/mol. The molecular formula is C20H22N4O3S. The van der Waals surface area contributed by atoms with Gasteiger partial charge in [-0.05, 0) is 48.9 Å². The van der Waals surface area contributed by atoms with Crippen LogP contribution in [0.2, 0.25) is 0 Å². The third-order valence-corrected chi connectivity index (χ3v) is 5.72. The highest BCUT2D eigenvalue weighted by atomic mass is 32.2. The molecule has 2 N–H and O–H groups in total. The molecule has 0 spiro atoms. The number of amides is 1. The Balaban J connectivity index is 1.48. The first-order valence-corrected chi connectivity index (χ1v) is 10.3. The van der Waals surface area contributed by atoms with Gasteiger partial charge in [0.25, 0.3) is 0 Å². The summed E-state index contributed by atoms with van der Waals surface area (Å²) in [5.41, 5.74) is 2.79. The Morgan fingerprint density at radius 1 is 1.04 bits per heavy atom. The van der Waals surface area contributed by atoms with Crippen molar-refractivity contribution in [3.8, 4) is 5.69 Å². The molecule has 2 aromatic carbocycles. The van der Waals surface area contributed by atoms with Crippen LogP contribution in [-0.4, -0.2) is 31.2 Å². The van der Waals surface area contributed by atoms with Crippen molar-refractivity contribution in [2.45, 2.75) is 24.3 Å². The van der Waals surface area contributed by atoms with Crippen molar-refractivity contribution in [3.63, 3.8) is 0 Å². The zero-order chi connectivity index (χ0) is 20.0. The molecule has 1 amide bonds. The lowest BCUT2D eigenvalue weighted by Gasteiger charge is -2.07. The molecule has 0 aliphatic heterocycles. The lowest BCUT2D eigenvalue weighted by atomic mass is 10.2. The maximum atomic E-state index is 12.1. The first-order chi connectivity index (χ1) is 13.5. The largest absolute Gasteiger partial charge is 0.352 e. The molecule has 0 saturated carbocycles. The van der Waals surface area contributed by atoms with Gasteiger partial charge < -0.3 is 5.32 Å². The van der Waals surface area contributed by atoms with Crippen molar-refractivity contribution < 1.29 is 13.2 Å². The van der Waals surface area contributed by atoms with E-state index in [-0.39, 0.29) is 10.8 Å². The van der Waals surface area contributed by atoms with Gasteiger partial charge in [0.2, 0.25) is 15.9 Å². The normalized spacial score (nSPS) is 11.3. The van der Waals surface area contributed by atoms with Gasteiger partial charge in [0.15, 0.2) is 0 Å². The summed E-state index contributed by atoms with van der Waals surface area (Å²) in [7, 11) is -2.08. The molecule has 28 heavy (non-hydrogen) atoms. The average molecular weight is 398 g/mol. The summed E-state index contributed by atoms with van der Waals surface area (Å²) >= 11 is 0. The summed E-state index contributed by atoms with van der Waals surface area (Å²) in [5.74, 6) is -0.0700. The van der Waals surface area contributed by atoms with Crippen LogP contribution in [0, 0.1) is 0 Å². The lowest BCUT2D eigenvalue weighted by molar-refractivity contribution is -0.121. The van der Waals surface area contributed by atoms with Crippen LogP contribution in [0.3, 0.4) is 0 Å². The Bertz CT molecular complexity index is 1030. The number of hydrogen-bond donors (Lipinski definition) is 2. The first-order valence-electron chi connectivity index (χ1n) is 8.86. The Hall–Kier alpha value is -2.97. The smallest absolute Gasteiger partial charge is 0.240 e. The molecule has 0 aliphatic rings. The maximum Gasteiger partial charge on any atom is 0.240 e. The SMILES string of the molecule is CNS(=O)(=O)c1ccc(CNC(=O)CCc2cnn(-c3ccccc3)c2)cc1. The fourth-order valence-corrected chi connectivity index (χ4v) is 3.39. The van der Waals surface area contributed by atoms with Gasteiger partial charge in [0, 0.05) is 19.2 Å². The van der Waals surface area contributed by atoms with Crippen LogP contribution < -0.4 is 10.0 Å². The average Bonchev–Trinajstić information content (AvgIpc) is 3.21. The third-order valence-electron chi connectivity index (χ3n) is 4.29. The Labute approximate surface area is 164 Å². The summed E-state index contributed by atoms with van der Waals surface area (Å²) in [4.78, 5) is 12.3. The van der Waals surface area contributed by atoms with Gasteiger partial charge in [-0.2, -0.15) is 5.10 Å². The quantitative estimate of drug-likeness (QED) is 0.607. The molecule has 1 aromatic heterocycles. The van der Waals surface area contributed by atoms with Crippen LogP contribution in [0.1, 0.15) is 17.5 Å². The second kappa shape index (κ2) is 8.81. The molecule has 0 unspecified atom stereocenters. The van der Waals surface area contributed by atoms with Crippen molar-refractivity contribution in [1.82, 2.24) is 19.8 Å². The van der Waals surface area contributed by atoms with Crippen molar-refractivity contribution in [3.05, 3.63) is 78.1 Å². The van der Waals surface area contributed by atoms with Gasteiger partial charge in [0.05, 0.1) is 16.8 Å². The second-order valence-corrected chi connectivity index (χ2v) is 8.14. The number of aryl methyl sites for hydroxylation is 1. The van der Waals surface area contributed by atoms with E-state index >= 15 is 0 Å². The number of aromatic nitrogens is 2. The standard InChI is InChI=1S/C20H22N4O3S/c1-21-28(26,27)19-10-7-16(8-11-19)13-22-20(25)12-9-17-14-23-24(15-17)18-5-3-2-4-6-18/h2-8,10-11,14-15,21H,9,12-13H2,1H3,(H,22,25). The van der Waals surface area contributed by atoms with Crippen LogP contribution in [0.4, 0.5) is 0 Å². The van der Waals surface area contributed by atoms with Crippen molar-refractivity contribution in [2.75, 3.05) is 7.05 Å². The molecule has 0 fully saturated rings. The summed E-state index contributed by atoms with van der Waals surface area (Å²) < 4.78 is 27.5. The number of benzene rings is 2. The molecule has 1 heterocycles. The highest BCUT2D eigenvalue weighted by molar-refractivity contribution is 7.89. The maximum absolute atomic E-state index is 12.1. The highest BCUT2D eigenvalue weighted by Gasteiger charge is 2.10. The van der Waals surface area contributed by atoms with Crippen molar-refractivity contribution >= 4 is 15.9 Å². The Morgan fingerprint density at radius 3 is 2.43 bits per heavy atom. The van der Waals surface area contributed by atoms with Gasteiger partial charge in [-0.1, -0.05) is 30.3 Å². The number of para-hydroxylation sites is 1. The van der Waals surface area contributed by atoms with Crippen LogP contribution >= 0.6 is 0 Å². The predicted octanol–water partition coefficient (Wildman–Crippen LogP) is 2.03. The molecule has 0 radical (unpaired) electrons. The zero-order valence-corrected chi connectivity index (χ0v) is 16.3. The van der Waals surface area contributed by atoms with E-state index in [2.05, 4.69) is 15.1 Å². The molecule has 3 aromatic rings. The Kier molecular flexibility index (Phi) is 6.23. The van der Waals surface area contributed by atoms with Crippen LogP contribution in [0.5, 0.6) is 0 Å².